The van der Waals surface area contributed by atoms with Crippen LogP contribution in [0.15, 0.2) is 29.7 Å². The van der Waals surface area contributed by atoms with Crippen LogP contribution in [0.3, 0.4) is 0 Å². The minimum atomic E-state index is -3.97. The Labute approximate surface area is 289 Å². The lowest BCUT2D eigenvalue weighted by atomic mass is 10.1. The van der Waals surface area contributed by atoms with Gasteiger partial charge in [-0.05, 0) is 18.2 Å². The maximum Gasteiger partial charge on any atom is 0.695 e. The number of ether oxygens (including phenoxy) is 2. The third kappa shape index (κ3) is 9.08. The summed E-state index contributed by atoms with van der Waals surface area (Å²) >= 11 is 5.68. The fraction of sp³-hybridized carbons (Fsp3) is 0.593. The Balaban J connectivity index is 1.40. The predicted molar refractivity (Wildman–Crippen MR) is 173 cm³/mol. The molecule has 23 heteroatoms. The highest BCUT2D eigenvalue weighted by Gasteiger charge is 2.51. The van der Waals surface area contributed by atoms with Crippen LogP contribution < -0.4 is 15.6 Å². The van der Waals surface area contributed by atoms with Gasteiger partial charge >= 0.3 is 15.0 Å². The molecule has 1 saturated carbocycles. The third-order valence-corrected chi connectivity index (χ3v) is 10.5. The van der Waals surface area contributed by atoms with Crippen molar-refractivity contribution in [1.29, 1.82) is 5.26 Å². The fourth-order valence-electron chi connectivity index (χ4n) is 5.32. The molecule has 4 heterocycles. The summed E-state index contributed by atoms with van der Waals surface area (Å²) in [6.07, 6.45) is -3.48. The second-order valence-corrected chi connectivity index (χ2v) is 15.2. The van der Waals surface area contributed by atoms with Crippen LogP contribution in [-0.4, -0.2) is 95.8 Å². The summed E-state index contributed by atoms with van der Waals surface area (Å²) in [6.45, 7) is -1.94. The second kappa shape index (κ2) is 16.7. The molecule has 50 heavy (non-hydrogen) atoms. The lowest BCUT2D eigenvalue weighted by Gasteiger charge is -2.29. The van der Waals surface area contributed by atoms with Gasteiger partial charge in [0, 0.05) is 35.1 Å². The number of amides is 1. The number of imidazole rings is 1. The molecule has 9 atom stereocenters. The molecule has 1 saturated heterocycles. The van der Waals surface area contributed by atoms with Gasteiger partial charge in [-0.15, -0.1) is 9.42 Å². The standard InChI is InChI=1S/C27H33FN8O11P2S/c1-14(2)24(38)34-27-33-23-21(25(39)35-27)32-13-36(23)26-22(20(28)18(10-37)45-26)47-49(50,42-7-3-5-29)43-11-15-8-16(9-17(15)46-48(40)41)44-19-4-6-30-12-31-19/h4,6,12-18,20,22,26,37H,3,7-11H2,1-2H3,(H2-,33,34,35,38,39,40,41)/p+1/t15-,16-,17+,18-,20-,22-,26-,49?/m1/s1. The Morgan fingerprint density at radius 1 is 1.36 bits per heavy atom. The number of aromatic nitrogens is 6. The number of aliphatic hydroxyl groups excluding tert-OH is 1. The first-order chi connectivity index (χ1) is 23.9. The van der Waals surface area contributed by atoms with E-state index in [0.29, 0.717) is 0 Å². The number of alkyl halides is 1. The van der Waals surface area contributed by atoms with Gasteiger partial charge in [-0.2, -0.15) is 10.2 Å². The zero-order valence-corrected chi connectivity index (χ0v) is 29.2. The molecule has 0 spiro atoms. The minimum Gasteiger partial charge on any atom is -0.474 e. The molecule has 2 fully saturated rings. The Hall–Kier alpha value is -3.41. The number of fused-ring (bicyclic) bond motifs is 1. The summed E-state index contributed by atoms with van der Waals surface area (Å²) in [6, 6.07) is 3.46. The second-order valence-electron chi connectivity index (χ2n) is 11.5. The van der Waals surface area contributed by atoms with Crippen LogP contribution in [0.25, 0.3) is 11.2 Å². The summed E-state index contributed by atoms with van der Waals surface area (Å²) in [4.78, 5) is 53.3. The van der Waals surface area contributed by atoms with E-state index in [1.54, 1.807) is 19.9 Å². The maximum atomic E-state index is 15.9. The van der Waals surface area contributed by atoms with Gasteiger partial charge in [0.25, 0.3) is 5.56 Å². The van der Waals surface area contributed by atoms with E-state index in [2.05, 4.69) is 30.2 Å². The van der Waals surface area contributed by atoms with Gasteiger partial charge in [0.1, 0.15) is 30.7 Å². The van der Waals surface area contributed by atoms with E-state index in [-0.39, 0.29) is 55.5 Å². The molecule has 2 aliphatic rings. The molecule has 0 bridgehead atoms. The number of nitriles is 1. The van der Waals surface area contributed by atoms with Gasteiger partial charge < -0.3 is 23.6 Å². The lowest BCUT2D eigenvalue weighted by Crippen LogP contribution is -2.32. The largest absolute Gasteiger partial charge is 0.695 e. The van der Waals surface area contributed by atoms with Crippen LogP contribution in [0.5, 0.6) is 5.88 Å². The molecule has 19 nitrogen and oxygen atoms in total. The molecule has 1 amide bonds. The topological polar surface area (TPSA) is 255 Å². The Kier molecular flexibility index (Phi) is 12.7. The summed E-state index contributed by atoms with van der Waals surface area (Å²) in [7, 11) is -3.00. The average molecular weight is 760 g/mol. The highest BCUT2D eigenvalue weighted by atomic mass is 32.5. The van der Waals surface area contributed by atoms with Gasteiger partial charge in [0.05, 0.1) is 38.6 Å². The van der Waals surface area contributed by atoms with E-state index < -0.39 is 81.7 Å². The first-order valence-corrected chi connectivity index (χ1v) is 19.0. The number of hydrogen-bond donors (Lipinski definition) is 4. The molecule has 0 radical (unpaired) electrons. The van der Waals surface area contributed by atoms with Crippen LogP contribution >= 0.6 is 15.0 Å². The smallest absolute Gasteiger partial charge is 0.474 e. The monoisotopic (exact) mass is 759 g/mol. The highest BCUT2D eigenvalue weighted by Crippen LogP contribution is 2.55. The van der Waals surface area contributed by atoms with Crippen molar-refractivity contribution < 1.29 is 51.3 Å². The Morgan fingerprint density at radius 3 is 2.84 bits per heavy atom. The van der Waals surface area contributed by atoms with Crippen LogP contribution in [0, 0.1) is 23.2 Å². The van der Waals surface area contributed by atoms with Crippen molar-refractivity contribution in [2.45, 2.75) is 69.9 Å². The van der Waals surface area contributed by atoms with Gasteiger partial charge in [-0.25, -0.2) is 19.3 Å². The fourth-order valence-corrected chi connectivity index (χ4v) is 7.92. The quantitative estimate of drug-likeness (QED) is 0.121. The molecule has 270 valence electrons. The zero-order valence-electron chi connectivity index (χ0n) is 26.6. The van der Waals surface area contributed by atoms with Gasteiger partial charge in [-0.3, -0.25) is 29.0 Å². The van der Waals surface area contributed by atoms with Crippen molar-refractivity contribution >= 4 is 49.8 Å². The molecule has 2 unspecified atom stereocenters. The lowest BCUT2D eigenvalue weighted by molar-refractivity contribution is -0.118. The van der Waals surface area contributed by atoms with Crippen molar-refractivity contribution in [2.24, 2.45) is 11.8 Å². The molecule has 4 N–H and O–H groups in total. The molecule has 1 aliphatic heterocycles. The minimum absolute atomic E-state index is 0.101. The van der Waals surface area contributed by atoms with Crippen molar-refractivity contribution in [1.82, 2.24) is 29.5 Å². The molecule has 1 aliphatic carbocycles. The number of aliphatic hydroxyl groups is 1. The van der Waals surface area contributed by atoms with Crippen LogP contribution in [-0.2, 0) is 44.0 Å². The van der Waals surface area contributed by atoms with Crippen molar-refractivity contribution in [3.05, 3.63) is 35.3 Å². The Morgan fingerprint density at radius 2 is 2.16 bits per heavy atom. The number of halogens is 1. The van der Waals surface area contributed by atoms with E-state index in [4.69, 9.17) is 44.6 Å². The maximum absolute atomic E-state index is 15.9. The van der Waals surface area contributed by atoms with E-state index in [1.165, 1.54) is 17.1 Å². The van der Waals surface area contributed by atoms with E-state index >= 15 is 4.39 Å². The van der Waals surface area contributed by atoms with Gasteiger partial charge in [0.15, 0.2) is 23.6 Å². The summed E-state index contributed by atoms with van der Waals surface area (Å²) in [5.41, 5.74) is -0.963. The number of aromatic amines is 1. The normalized spacial score (nSPS) is 26.5. The number of carbonyl (C=O) groups excluding carboxylic acids is 1. The number of H-pyrrole nitrogens is 1. The number of nitrogens with zero attached hydrogens (tertiary/aromatic N) is 6. The summed E-state index contributed by atoms with van der Waals surface area (Å²) < 4.78 is 63.5. The number of anilines is 1. The van der Waals surface area contributed by atoms with E-state index in [0.717, 1.165) is 6.33 Å². The summed E-state index contributed by atoms with van der Waals surface area (Å²) in [5.74, 6) is -1.35. The predicted octanol–water partition coefficient (Wildman–Crippen LogP) is 2.18. The van der Waals surface area contributed by atoms with Crippen LogP contribution in [0.2, 0.25) is 0 Å². The first-order valence-electron chi connectivity index (χ1n) is 15.3. The third-order valence-electron chi connectivity index (χ3n) is 7.73. The number of carbonyl (C=O) groups is 1. The van der Waals surface area contributed by atoms with Crippen molar-refractivity contribution in [2.75, 3.05) is 25.1 Å². The van der Waals surface area contributed by atoms with E-state index in [9.17, 15) is 24.2 Å². The Bertz CT molecular complexity index is 1820. The molecular formula is C27H34FN8O11P2S+. The molecule has 3 aromatic heterocycles. The van der Waals surface area contributed by atoms with Gasteiger partial charge in [-0.1, -0.05) is 13.8 Å². The highest BCUT2D eigenvalue weighted by molar-refractivity contribution is 8.07. The summed E-state index contributed by atoms with van der Waals surface area (Å²) in [5, 5.41) is 21.5. The zero-order chi connectivity index (χ0) is 36.0. The molecule has 0 aromatic carbocycles. The number of rotatable bonds is 16. The average Bonchev–Trinajstić information content (AvgIpc) is 3.75. The number of nitrogens with one attached hydrogen (secondary N) is 2. The molecular weight excluding hydrogens is 725 g/mol. The SMILES string of the molecule is CC(C)C(=O)Nc1nc2c(ncn2[C@@H]2O[C@H](CO)[C@@H](F)[C@H]2OP(=S)(OCCC#N)OC[C@H]2C[C@@H](Oc3ccncn3)C[C@@H]2O[P+](=O)O)c(=O)[nH]1. The molecule has 3 aromatic rings. The van der Waals surface area contributed by atoms with Crippen LogP contribution in [0.1, 0.15) is 39.3 Å². The van der Waals surface area contributed by atoms with Crippen molar-refractivity contribution in [3.8, 4) is 11.9 Å². The molecule has 5 rings (SSSR count). The number of hydrogen-bond acceptors (Lipinski definition) is 16. The van der Waals surface area contributed by atoms with Gasteiger partial charge in [0.2, 0.25) is 17.7 Å². The van der Waals surface area contributed by atoms with E-state index in [1.807, 2.05) is 6.07 Å². The van der Waals surface area contributed by atoms with Crippen LogP contribution in [0.4, 0.5) is 10.3 Å². The first kappa shape index (κ1) is 37.8. The van der Waals surface area contributed by atoms with Crippen molar-refractivity contribution in [3.63, 3.8) is 0 Å².